The largest absolute Gasteiger partial charge is 0.481 e. The summed E-state index contributed by atoms with van der Waals surface area (Å²) < 4.78 is 1.61. The van der Waals surface area contributed by atoms with E-state index >= 15 is 0 Å². The van der Waals surface area contributed by atoms with Crippen LogP contribution in [0.2, 0.25) is 0 Å². The quantitative estimate of drug-likeness (QED) is 0.855. The number of nitrogens with zero attached hydrogens (tertiary/aromatic N) is 2. The van der Waals surface area contributed by atoms with Crippen LogP contribution < -0.4 is 5.32 Å². The van der Waals surface area contributed by atoms with Crippen LogP contribution in [-0.4, -0.2) is 26.8 Å². The van der Waals surface area contributed by atoms with E-state index in [2.05, 4.69) is 10.4 Å². The minimum Gasteiger partial charge on any atom is -0.481 e. The Morgan fingerprint density at radius 3 is 2.52 bits per heavy atom. The topological polar surface area (TPSA) is 84.2 Å². The first-order valence-corrected chi connectivity index (χ1v) is 7.44. The Balaban J connectivity index is 2.14. The van der Waals surface area contributed by atoms with Crippen molar-refractivity contribution in [3.05, 3.63) is 52.8 Å². The van der Waals surface area contributed by atoms with Crippen molar-refractivity contribution in [2.45, 2.75) is 39.8 Å². The number of rotatable bonds is 6. The van der Waals surface area contributed by atoms with Gasteiger partial charge < -0.3 is 10.4 Å². The summed E-state index contributed by atoms with van der Waals surface area (Å²) in [5.41, 5.74) is 3.50. The third-order valence-electron chi connectivity index (χ3n) is 3.67. The zero-order valence-electron chi connectivity index (χ0n) is 13.5. The van der Waals surface area contributed by atoms with E-state index in [4.69, 9.17) is 5.11 Å². The molecular formula is C17H21N3O3. The van der Waals surface area contributed by atoms with Crippen molar-refractivity contribution >= 4 is 11.9 Å². The molecule has 1 aromatic heterocycles. The normalized spacial score (nSPS) is 12.0. The zero-order chi connectivity index (χ0) is 17.0. The molecule has 1 amide bonds. The molecule has 6 nitrogen and oxygen atoms in total. The van der Waals surface area contributed by atoms with Crippen LogP contribution >= 0.6 is 0 Å². The highest BCUT2D eigenvalue weighted by molar-refractivity contribution is 5.77. The van der Waals surface area contributed by atoms with Gasteiger partial charge in [-0.25, -0.2) is 0 Å². The van der Waals surface area contributed by atoms with E-state index < -0.39 is 12.0 Å². The fourth-order valence-electron chi connectivity index (χ4n) is 2.60. The minimum atomic E-state index is -0.954. The Kier molecular flexibility index (Phi) is 5.16. The molecule has 1 unspecified atom stereocenters. The molecule has 0 fully saturated rings. The van der Waals surface area contributed by atoms with Crippen LogP contribution in [0.1, 0.15) is 35.0 Å². The number of benzene rings is 1. The fraction of sp³-hybridized carbons (Fsp3) is 0.353. The number of amides is 1. The van der Waals surface area contributed by atoms with Gasteiger partial charge in [0, 0.05) is 5.69 Å². The molecule has 0 saturated heterocycles. The SMILES string of the molecule is Cc1cc(C)n(CC(=O)NC(CC(=O)O)c2ccccc2C)n1. The van der Waals surface area contributed by atoms with Gasteiger partial charge in [0.05, 0.1) is 18.2 Å². The first-order chi connectivity index (χ1) is 10.9. The van der Waals surface area contributed by atoms with Crippen molar-refractivity contribution in [1.82, 2.24) is 15.1 Å². The van der Waals surface area contributed by atoms with E-state index in [-0.39, 0.29) is 18.9 Å². The number of carboxylic acid groups (broad SMARTS) is 1. The van der Waals surface area contributed by atoms with Crippen molar-refractivity contribution < 1.29 is 14.7 Å². The lowest BCUT2D eigenvalue weighted by Gasteiger charge is -2.19. The van der Waals surface area contributed by atoms with Crippen LogP contribution in [0.3, 0.4) is 0 Å². The van der Waals surface area contributed by atoms with E-state index in [0.29, 0.717) is 0 Å². The summed E-state index contributed by atoms with van der Waals surface area (Å²) in [7, 11) is 0. The first kappa shape index (κ1) is 16.7. The highest BCUT2D eigenvalue weighted by Crippen LogP contribution is 2.20. The number of carbonyl (C=O) groups excluding carboxylic acids is 1. The number of hydrogen-bond donors (Lipinski definition) is 2. The second-order valence-corrected chi connectivity index (χ2v) is 5.66. The summed E-state index contributed by atoms with van der Waals surface area (Å²) in [6.07, 6.45) is -0.159. The molecule has 0 radical (unpaired) electrons. The van der Waals surface area contributed by atoms with E-state index in [1.165, 1.54) is 0 Å². The molecule has 0 aliphatic rings. The summed E-state index contributed by atoms with van der Waals surface area (Å²) in [5.74, 6) is -1.21. The van der Waals surface area contributed by atoms with E-state index in [9.17, 15) is 9.59 Å². The number of carboxylic acids is 1. The van der Waals surface area contributed by atoms with E-state index in [1.807, 2.05) is 51.1 Å². The predicted molar refractivity (Wildman–Crippen MR) is 86.0 cm³/mol. The minimum absolute atomic E-state index is 0.0711. The molecule has 0 aliphatic heterocycles. The maximum atomic E-state index is 12.3. The summed E-state index contributed by atoms with van der Waals surface area (Å²) in [5, 5.41) is 16.2. The highest BCUT2D eigenvalue weighted by atomic mass is 16.4. The van der Waals surface area contributed by atoms with Crippen LogP contribution in [0.25, 0.3) is 0 Å². The number of aromatic nitrogens is 2. The van der Waals surface area contributed by atoms with Gasteiger partial charge in [-0.2, -0.15) is 5.10 Å². The summed E-state index contributed by atoms with van der Waals surface area (Å²) in [4.78, 5) is 23.4. The van der Waals surface area contributed by atoms with Gasteiger partial charge in [0.25, 0.3) is 0 Å². The van der Waals surface area contributed by atoms with E-state index in [1.54, 1.807) is 4.68 Å². The number of aliphatic carboxylic acids is 1. The molecule has 1 aromatic carbocycles. The molecule has 1 atom stereocenters. The predicted octanol–water partition coefficient (Wildman–Crippen LogP) is 2.14. The molecule has 0 bridgehead atoms. The van der Waals surface area contributed by atoms with Crippen molar-refractivity contribution in [3.8, 4) is 0 Å². The van der Waals surface area contributed by atoms with Crippen LogP contribution in [-0.2, 0) is 16.1 Å². The molecule has 0 aliphatic carbocycles. The van der Waals surface area contributed by atoms with Gasteiger partial charge in [0.2, 0.25) is 5.91 Å². The molecule has 23 heavy (non-hydrogen) atoms. The van der Waals surface area contributed by atoms with Gasteiger partial charge in [-0.05, 0) is 38.0 Å². The molecule has 2 aromatic rings. The standard InChI is InChI=1S/C17H21N3O3/c1-11-6-4-5-7-14(11)15(9-17(22)23)18-16(21)10-20-13(3)8-12(2)19-20/h4-8,15H,9-10H2,1-3H3,(H,18,21)(H,22,23). The average molecular weight is 315 g/mol. The van der Waals surface area contributed by atoms with Crippen LogP contribution in [0.5, 0.6) is 0 Å². The molecule has 2 N–H and O–H groups in total. The third kappa shape index (κ3) is 4.42. The van der Waals surface area contributed by atoms with Crippen molar-refractivity contribution in [2.24, 2.45) is 0 Å². The second kappa shape index (κ2) is 7.09. The lowest BCUT2D eigenvalue weighted by Crippen LogP contribution is -2.33. The number of hydrogen-bond acceptors (Lipinski definition) is 3. The van der Waals surface area contributed by atoms with Crippen molar-refractivity contribution in [2.75, 3.05) is 0 Å². The molecule has 0 saturated carbocycles. The maximum absolute atomic E-state index is 12.3. The Labute approximate surface area is 135 Å². The monoisotopic (exact) mass is 315 g/mol. The summed E-state index contributed by atoms with van der Waals surface area (Å²) in [6, 6.07) is 8.80. The van der Waals surface area contributed by atoms with Crippen molar-refractivity contribution in [3.63, 3.8) is 0 Å². The second-order valence-electron chi connectivity index (χ2n) is 5.66. The highest BCUT2D eigenvalue weighted by Gasteiger charge is 2.20. The smallest absolute Gasteiger partial charge is 0.305 e. The molecule has 2 rings (SSSR count). The first-order valence-electron chi connectivity index (χ1n) is 7.44. The van der Waals surface area contributed by atoms with Gasteiger partial charge in [0.1, 0.15) is 6.54 Å². The van der Waals surface area contributed by atoms with Crippen molar-refractivity contribution in [1.29, 1.82) is 0 Å². The average Bonchev–Trinajstić information content (AvgIpc) is 2.76. The Hall–Kier alpha value is -2.63. The fourth-order valence-corrected chi connectivity index (χ4v) is 2.60. The lowest BCUT2D eigenvalue weighted by molar-refractivity contribution is -0.137. The summed E-state index contributed by atoms with van der Waals surface area (Å²) >= 11 is 0. The maximum Gasteiger partial charge on any atom is 0.305 e. The van der Waals surface area contributed by atoms with Crippen LogP contribution in [0.4, 0.5) is 0 Å². The van der Waals surface area contributed by atoms with Gasteiger partial charge >= 0.3 is 5.97 Å². The van der Waals surface area contributed by atoms with E-state index in [0.717, 1.165) is 22.5 Å². The molecule has 122 valence electrons. The van der Waals surface area contributed by atoms with Crippen LogP contribution in [0.15, 0.2) is 30.3 Å². The third-order valence-corrected chi connectivity index (χ3v) is 3.67. The number of nitrogens with one attached hydrogen (secondary N) is 1. The number of carbonyl (C=O) groups is 2. The molecule has 1 heterocycles. The zero-order valence-corrected chi connectivity index (χ0v) is 13.5. The summed E-state index contributed by atoms with van der Waals surface area (Å²) in [6.45, 7) is 5.71. The number of aryl methyl sites for hydroxylation is 3. The molecular weight excluding hydrogens is 294 g/mol. The van der Waals surface area contributed by atoms with Crippen LogP contribution in [0, 0.1) is 20.8 Å². The Morgan fingerprint density at radius 1 is 1.26 bits per heavy atom. The van der Waals surface area contributed by atoms with Gasteiger partial charge in [0.15, 0.2) is 0 Å². The van der Waals surface area contributed by atoms with Gasteiger partial charge in [-0.1, -0.05) is 24.3 Å². The van der Waals surface area contributed by atoms with Gasteiger partial charge in [-0.15, -0.1) is 0 Å². The Bertz CT molecular complexity index is 722. The lowest BCUT2D eigenvalue weighted by atomic mass is 9.99. The molecule has 6 heteroatoms. The van der Waals surface area contributed by atoms with Gasteiger partial charge in [-0.3, -0.25) is 14.3 Å². The molecule has 0 spiro atoms. The Morgan fingerprint density at radius 2 is 1.96 bits per heavy atom.